The molecule has 3 N–H and O–H groups in total. The van der Waals surface area contributed by atoms with Gasteiger partial charge in [-0.1, -0.05) is 6.08 Å². The van der Waals surface area contributed by atoms with Crippen molar-refractivity contribution in [2.24, 2.45) is 0 Å². The summed E-state index contributed by atoms with van der Waals surface area (Å²) >= 11 is 0. The van der Waals surface area contributed by atoms with E-state index in [1.165, 1.54) is 4.57 Å². The minimum absolute atomic E-state index is 0.00814. The van der Waals surface area contributed by atoms with Crippen LogP contribution in [0.3, 0.4) is 0 Å². The maximum Gasteiger partial charge on any atom is 0.198 e. The van der Waals surface area contributed by atoms with E-state index in [1.54, 1.807) is 6.08 Å². The number of aromatic hydroxyl groups is 2. The number of fused-ring (bicyclic) bond motifs is 4. The number of aliphatic hydroxyl groups is 1. The van der Waals surface area contributed by atoms with Crippen LogP contribution in [0.2, 0.25) is 0 Å². The summed E-state index contributed by atoms with van der Waals surface area (Å²) < 4.78 is 6.61. The molecule has 0 spiro atoms. The number of epoxide rings is 1. The number of carbonyl (C=O) groups is 1. The molecule has 0 unspecified atom stereocenters. The Morgan fingerprint density at radius 1 is 1.40 bits per heavy atom. The van der Waals surface area contributed by atoms with Crippen LogP contribution in [0.15, 0.2) is 11.6 Å². The number of allylic oxidation sites excluding steroid dienone is 1. The lowest BCUT2D eigenvalue weighted by atomic mass is 9.73. The summed E-state index contributed by atoms with van der Waals surface area (Å²) in [6.07, 6.45) is 0.236. The third kappa shape index (κ3) is 1.23. The van der Waals surface area contributed by atoms with E-state index in [9.17, 15) is 20.1 Å². The highest BCUT2D eigenvalue weighted by atomic mass is 16.6. The van der Waals surface area contributed by atoms with Crippen molar-refractivity contribution in [2.45, 2.75) is 44.1 Å². The number of ketones is 1. The fourth-order valence-corrected chi connectivity index (χ4v) is 3.54. The third-order valence-corrected chi connectivity index (χ3v) is 4.58. The average molecular weight is 277 g/mol. The molecule has 0 bridgehead atoms. The molecule has 106 valence electrons. The van der Waals surface area contributed by atoms with Crippen molar-refractivity contribution >= 4 is 5.78 Å². The van der Waals surface area contributed by atoms with Crippen molar-refractivity contribution < 1.29 is 24.9 Å². The minimum atomic E-state index is -0.860. The zero-order valence-corrected chi connectivity index (χ0v) is 10.9. The summed E-state index contributed by atoms with van der Waals surface area (Å²) in [6, 6.07) is 0. The molecular formula is C14H15NO5. The van der Waals surface area contributed by atoms with E-state index >= 15 is 0 Å². The molecule has 6 nitrogen and oxygen atoms in total. The summed E-state index contributed by atoms with van der Waals surface area (Å²) in [5.41, 5.74) is 1.55. The SMILES string of the molecule is CCn1c(O)c2c(c1O)[C@@H]1C(=CC2)C(=O)[C@H]2O[C@H]2[C@H]1O. The first-order valence-electron chi connectivity index (χ1n) is 6.77. The van der Waals surface area contributed by atoms with E-state index in [-0.39, 0.29) is 17.5 Å². The molecule has 1 aromatic rings. The standard InChI is InChI=1S/C14H15NO5/c1-2-15-13(18)6-4-3-5-7(8(6)14(15)19)10(17)12-11(20-12)9(5)16/h3,7,10-12,17-19H,2,4H2,1H3/t7-,10-,11+,12-/m0/s1. The molecule has 2 aliphatic carbocycles. The number of hydrogen-bond donors (Lipinski definition) is 3. The molecule has 4 rings (SSSR count). The molecule has 0 aromatic carbocycles. The normalized spacial score (nSPS) is 34.1. The van der Waals surface area contributed by atoms with Crippen LogP contribution in [-0.4, -0.2) is 44.0 Å². The molecule has 1 aromatic heterocycles. The number of hydrogen-bond acceptors (Lipinski definition) is 5. The average Bonchev–Trinajstić information content (AvgIpc) is 3.20. The van der Waals surface area contributed by atoms with Crippen molar-refractivity contribution in [3.8, 4) is 11.8 Å². The van der Waals surface area contributed by atoms with E-state index in [0.717, 1.165) is 0 Å². The van der Waals surface area contributed by atoms with Gasteiger partial charge in [0, 0.05) is 29.2 Å². The Kier molecular flexibility index (Phi) is 2.19. The van der Waals surface area contributed by atoms with E-state index in [1.807, 2.05) is 6.92 Å². The van der Waals surface area contributed by atoms with Crippen LogP contribution in [0.25, 0.3) is 0 Å². The van der Waals surface area contributed by atoms with Gasteiger partial charge in [0.1, 0.15) is 12.2 Å². The first-order chi connectivity index (χ1) is 9.56. The molecule has 2 heterocycles. The van der Waals surface area contributed by atoms with Gasteiger partial charge in [0.2, 0.25) is 0 Å². The van der Waals surface area contributed by atoms with E-state index in [4.69, 9.17) is 4.74 Å². The smallest absolute Gasteiger partial charge is 0.198 e. The Morgan fingerprint density at radius 3 is 2.85 bits per heavy atom. The highest BCUT2D eigenvalue weighted by molar-refractivity contribution is 6.04. The van der Waals surface area contributed by atoms with Crippen LogP contribution < -0.4 is 0 Å². The van der Waals surface area contributed by atoms with Gasteiger partial charge in [-0.3, -0.25) is 9.36 Å². The molecule has 20 heavy (non-hydrogen) atoms. The number of aromatic nitrogens is 1. The lowest BCUT2D eigenvalue weighted by Crippen LogP contribution is -2.38. The van der Waals surface area contributed by atoms with Crippen LogP contribution >= 0.6 is 0 Å². The van der Waals surface area contributed by atoms with Gasteiger partial charge in [-0.2, -0.15) is 0 Å². The molecule has 4 atom stereocenters. The Bertz CT molecular complexity index is 659. The zero-order valence-electron chi connectivity index (χ0n) is 10.9. The van der Waals surface area contributed by atoms with Crippen molar-refractivity contribution in [3.05, 3.63) is 22.8 Å². The monoisotopic (exact) mass is 277 g/mol. The molecule has 3 aliphatic rings. The van der Waals surface area contributed by atoms with E-state index in [2.05, 4.69) is 0 Å². The summed E-state index contributed by atoms with van der Waals surface area (Å²) in [5, 5.41) is 30.8. The van der Waals surface area contributed by atoms with Crippen molar-refractivity contribution in [3.63, 3.8) is 0 Å². The molecule has 1 saturated heterocycles. The maximum atomic E-state index is 12.2. The predicted octanol–water partition coefficient (Wildman–Crippen LogP) is 0.196. The predicted molar refractivity (Wildman–Crippen MR) is 67.6 cm³/mol. The number of rotatable bonds is 1. The summed E-state index contributed by atoms with van der Waals surface area (Å²) in [7, 11) is 0. The lowest BCUT2D eigenvalue weighted by molar-refractivity contribution is -0.117. The van der Waals surface area contributed by atoms with Crippen LogP contribution in [-0.2, 0) is 22.5 Å². The minimum Gasteiger partial charge on any atom is -0.494 e. The lowest BCUT2D eigenvalue weighted by Gasteiger charge is -2.30. The Morgan fingerprint density at radius 2 is 2.15 bits per heavy atom. The van der Waals surface area contributed by atoms with Gasteiger partial charge in [0.05, 0.1) is 6.10 Å². The van der Waals surface area contributed by atoms with Crippen molar-refractivity contribution in [1.29, 1.82) is 0 Å². The largest absolute Gasteiger partial charge is 0.494 e. The second-order valence-corrected chi connectivity index (χ2v) is 5.50. The van der Waals surface area contributed by atoms with Crippen molar-refractivity contribution in [1.82, 2.24) is 4.57 Å². The molecule has 1 saturated carbocycles. The molecule has 2 fully saturated rings. The first-order valence-corrected chi connectivity index (χ1v) is 6.77. The highest BCUT2D eigenvalue weighted by Gasteiger charge is 2.60. The number of carbonyl (C=O) groups excluding carboxylic acids is 1. The Hall–Kier alpha value is -1.79. The highest BCUT2D eigenvalue weighted by Crippen LogP contribution is 2.52. The summed E-state index contributed by atoms with van der Waals surface area (Å²) in [5.74, 6) is -0.775. The van der Waals surface area contributed by atoms with Crippen LogP contribution in [0.5, 0.6) is 11.8 Å². The second-order valence-electron chi connectivity index (χ2n) is 5.50. The topological polar surface area (TPSA) is 95.2 Å². The van der Waals surface area contributed by atoms with Crippen molar-refractivity contribution in [2.75, 3.05) is 0 Å². The quantitative estimate of drug-likeness (QED) is 0.637. The van der Waals surface area contributed by atoms with Crippen LogP contribution in [0.4, 0.5) is 0 Å². The van der Waals surface area contributed by atoms with Crippen LogP contribution in [0.1, 0.15) is 24.0 Å². The fraction of sp³-hybridized carbons (Fsp3) is 0.500. The molecule has 0 radical (unpaired) electrons. The van der Waals surface area contributed by atoms with Gasteiger partial charge in [0.25, 0.3) is 0 Å². The summed E-state index contributed by atoms with van der Waals surface area (Å²) in [6.45, 7) is 2.22. The van der Waals surface area contributed by atoms with E-state index in [0.29, 0.717) is 29.7 Å². The maximum absolute atomic E-state index is 12.2. The van der Waals surface area contributed by atoms with Gasteiger partial charge in [0.15, 0.2) is 17.5 Å². The van der Waals surface area contributed by atoms with Gasteiger partial charge in [-0.25, -0.2) is 0 Å². The van der Waals surface area contributed by atoms with E-state index < -0.39 is 24.2 Å². The zero-order chi connectivity index (χ0) is 14.2. The molecule has 0 amide bonds. The second kappa shape index (κ2) is 3.65. The molecule has 6 heteroatoms. The van der Waals surface area contributed by atoms with Crippen LogP contribution in [0, 0.1) is 0 Å². The van der Waals surface area contributed by atoms with Gasteiger partial charge in [-0.05, 0) is 13.3 Å². The van der Waals surface area contributed by atoms with Gasteiger partial charge in [-0.15, -0.1) is 0 Å². The van der Waals surface area contributed by atoms with Gasteiger partial charge < -0.3 is 20.1 Å². The fourth-order valence-electron chi connectivity index (χ4n) is 3.54. The number of Topliss-reactive ketones (excluding diaryl/α,β-unsaturated/α-hetero) is 1. The molecular weight excluding hydrogens is 262 g/mol. The Labute approximate surface area is 114 Å². The Balaban J connectivity index is 1.91. The first kappa shape index (κ1) is 12.0. The number of aliphatic hydroxyl groups excluding tert-OH is 1. The number of ether oxygens (including phenoxy) is 1. The third-order valence-electron chi connectivity index (χ3n) is 4.58. The summed E-state index contributed by atoms with van der Waals surface area (Å²) in [4.78, 5) is 12.2. The number of nitrogens with zero attached hydrogens (tertiary/aromatic N) is 1. The molecule has 1 aliphatic heterocycles. The van der Waals surface area contributed by atoms with Gasteiger partial charge >= 0.3 is 0 Å².